The molecule has 36 heavy (non-hydrogen) atoms. The topological polar surface area (TPSA) is 106 Å². The summed E-state index contributed by atoms with van der Waals surface area (Å²) in [5.74, 6) is -0.850. The molecule has 1 fully saturated rings. The maximum atomic E-state index is 12.6. The van der Waals surface area contributed by atoms with E-state index in [9.17, 15) is 9.59 Å². The highest BCUT2D eigenvalue weighted by Crippen LogP contribution is 2.33. The predicted molar refractivity (Wildman–Crippen MR) is 135 cm³/mol. The van der Waals surface area contributed by atoms with Crippen LogP contribution in [0.3, 0.4) is 0 Å². The van der Waals surface area contributed by atoms with Crippen molar-refractivity contribution in [2.24, 2.45) is 0 Å². The van der Waals surface area contributed by atoms with Gasteiger partial charge in [0.05, 0.1) is 31.0 Å². The molecule has 0 atom stereocenters. The zero-order valence-corrected chi connectivity index (χ0v) is 21.0. The Balaban J connectivity index is 1.68. The summed E-state index contributed by atoms with van der Waals surface area (Å²) >= 11 is 0. The van der Waals surface area contributed by atoms with E-state index in [0.29, 0.717) is 45.6 Å². The summed E-state index contributed by atoms with van der Waals surface area (Å²) in [5, 5.41) is 14.0. The molecule has 3 aromatic rings. The van der Waals surface area contributed by atoms with Crippen molar-refractivity contribution < 1.29 is 24.2 Å². The van der Waals surface area contributed by atoms with Crippen molar-refractivity contribution in [2.45, 2.75) is 52.6 Å². The standard InChI is InChI=1S/C27H34N4O5/c1-3-21-8-9-24-27(20-14-19(2)15-28-16-20)22(6-4-5-7-26(33)34)23(29-31(21)24)17-36-18-25(32)30-10-12-35-13-11-30/h8-9,14-16H,3-7,10-13,17-18H2,1-2H3,(H,33,34). The molecule has 1 aliphatic heterocycles. The molecule has 1 aliphatic rings. The maximum Gasteiger partial charge on any atom is 0.303 e. The Morgan fingerprint density at radius 3 is 2.69 bits per heavy atom. The molecule has 0 unspecified atom stereocenters. The second kappa shape index (κ2) is 12.1. The lowest BCUT2D eigenvalue weighted by atomic mass is 9.95. The Kier molecular flexibility index (Phi) is 8.66. The van der Waals surface area contributed by atoms with Crippen LogP contribution in [0.2, 0.25) is 0 Å². The van der Waals surface area contributed by atoms with Crippen molar-refractivity contribution in [3.8, 4) is 11.1 Å². The Labute approximate surface area is 211 Å². The Morgan fingerprint density at radius 1 is 1.17 bits per heavy atom. The van der Waals surface area contributed by atoms with E-state index in [4.69, 9.17) is 19.7 Å². The molecule has 0 spiro atoms. The minimum Gasteiger partial charge on any atom is -0.481 e. The van der Waals surface area contributed by atoms with Gasteiger partial charge < -0.3 is 19.5 Å². The number of rotatable bonds is 11. The number of ether oxygens (including phenoxy) is 2. The molecule has 4 heterocycles. The highest BCUT2D eigenvalue weighted by molar-refractivity contribution is 5.84. The normalized spacial score (nSPS) is 13.9. The fraction of sp³-hybridized carbons (Fsp3) is 0.481. The van der Waals surface area contributed by atoms with Crippen LogP contribution in [0.15, 0.2) is 30.6 Å². The van der Waals surface area contributed by atoms with Crippen LogP contribution in [0.1, 0.15) is 48.7 Å². The van der Waals surface area contributed by atoms with Crippen molar-refractivity contribution in [1.29, 1.82) is 0 Å². The summed E-state index contributed by atoms with van der Waals surface area (Å²) in [6.45, 7) is 6.52. The van der Waals surface area contributed by atoms with Gasteiger partial charge in [-0.25, -0.2) is 4.52 Å². The molecule has 0 aromatic carbocycles. The number of hydrogen-bond acceptors (Lipinski definition) is 6. The second-order valence-electron chi connectivity index (χ2n) is 9.11. The number of aryl methyl sites for hydroxylation is 2. The van der Waals surface area contributed by atoms with E-state index < -0.39 is 5.97 Å². The third kappa shape index (κ3) is 6.09. The van der Waals surface area contributed by atoms with Gasteiger partial charge in [-0.3, -0.25) is 14.6 Å². The Bertz CT molecular complexity index is 1220. The van der Waals surface area contributed by atoms with Crippen molar-refractivity contribution in [3.05, 3.63) is 53.1 Å². The first-order chi connectivity index (χ1) is 17.5. The number of carbonyl (C=O) groups excluding carboxylic acids is 1. The van der Waals surface area contributed by atoms with E-state index in [1.165, 1.54) is 0 Å². The van der Waals surface area contributed by atoms with Crippen molar-refractivity contribution >= 4 is 17.4 Å². The van der Waals surface area contributed by atoms with Gasteiger partial charge in [0, 0.05) is 48.7 Å². The van der Waals surface area contributed by atoms with Crippen LogP contribution in [-0.4, -0.2) is 69.4 Å². The van der Waals surface area contributed by atoms with Gasteiger partial charge in [-0.1, -0.05) is 6.92 Å². The average Bonchev–Trinajstić information content (AvgIpc) is 3.29. The molecule has 4 rings (SSSR count). The summed E-state index contributed by atoms with van der Waals surface area (Å²) in [6, 6.07) is 6.26. The molecular formula is C27H34N4O5. The van der Waals surface area contributed by atoms with Crippen LogP contribution in [0, 0.1) is 6.92 Å². The van der Waals surface area contributed by atoms with Crippen LogP contribution in [-0.2, 0) is 38.5 Å². The van der Waals surface area contributed by atoms with Gasteiger partial charge in [0.1, 0.15) is 6.61 Å². The lowest BCUT2D eigenvalue weighted by Gasteiger charge is -2.26. The minimum absolute atomic E-state index is 0.0220. The number of pyridine rings is 1. The summed E-state index contributed by atoms with van der Waals surface area (Å²) in [7, 11) is 0. The van der Waals surface area contributed by atoms with E-state index in [1.807, 2.05) is 23.8 Å². The molecule has 1 saturated heterocycles. The van der Waals surface area contributed by atoms with E-state index in [0.717, 1.165) is 45.6 Å². The zero-order chi connectivity index (χ0) is 25.5. The molecule has 0 radical (unpaired) electrons. The van der Waals surface area contributed by atoms with Gasteiger partial charge in [-0.15, -0.1) is 0 Å². The highest BCUT2D eigenvalue weighted by atomic mass is 16.5. The van der Waals surface area contributed by atoms with E-state index in [2.05, 4.69) is 30.1 Å². The number of carboxylic acids is 1. The number of carboxylic acid groups (broad SMARTS) is 1. The molecule has 1 amide bonds. The number of hydrogen-bond donors (Lipinski definition) is 1. The first kappa shape index (κ1) is 25.8. The third-order valence-corrected chi connectivity index (χ3v) is 6.48. The fourth-order valence-corrected chi connectivity index (χ4v) is 4.64. The van der Waals surface area contributed by atoms with Crippen LogP contribution in [0.4, 0.5) is 0 Å². The smallest absolute Gasteiger partial charge is 0.303 e. The minimum atomic E-state index is -0.795. The van der Waals surface area contributed by atoms with Gasteiger partial charge >= 0.3 is 5.97 Å². The lowest BCUT2D eigenvalue weighted by Crippen LogP contribution is -2.42. The second-order valence-corrected chi connectivity index (χ2v) is 9.11. The van der Waals surface area contributed by atoms with Crippen molar-refractivity contribution in [1.82, 2.24) is 19.5 Å². The van der Waals surface area contributed by atoms with Gasteiger partial charge in [-0.2, -0.15) is 5.10 Å². The first-order valence-corrected chi connectivity index (χ1v) is 12.6. The van der Waals surface area contributed by atoms with Gasteiger partial charge in [0.15, 0.2) is 0 Å². The number of unbranched alkanes of at least 4 members (excludes halogenated alkanes) is 1. The number of morpholine rings is 1. The van der Waals surface area contributed by atoms with Crippen LogP contribution in [0.25, 0.3) is 16.6 Å². The molecule has 9 heteroatoms. The Hall–Kier alpha value is -3.30. The van der Waals surface area contributed by atoms with Gasteiger partial charge in [-0.05, 0) is 61.9 Å². The highest BCUT2D eigenvalue weighted by Gasteiger charge is 2.21. The van der Waals surface area contributed by atoms with Gasteiger partial charge in [0.25, 0.3) is 0 Å². The van der Waals surface area contributed by atoms with Crippen LogP contribution in [0.5, 0.6) is 0 Å². The Morgan fingerprint density at radius 2 is 1.97 bits per heavy atom. The van der Waals surface area contributed by atoms with Crippen LogP contribution < -0.4 is 0 Å². The third-order valence-electron chi connectivity index (χ3n) is 6.48. The number of aliphatic carboxylic acids is 1. The largest absolute Gasteiger partial charge is 0.481 e. The number of carbonyl (C=O) groups is 2. The molecule has 192 valence electrons. The summed E-state index contributed by atoms with van der Waals surface area (Å²) in [5.41, 5.74) is 6.91. The molecular weight excluding hydrogens is 460 g/mol. The molecule has 0 saturated carbocycles. The molecule has 0 bridgehead atoms. The predicted octanol–water partition coefficient (Wildman–Crippen LogP) is 3.44. The van der Waals surface area contributed by atoms with Gasteiger partial charge in [0.2, 0.25) is 5.91 Å². The summed E-state index contributed by atoms with van der Waals surface area (Å²) in [4.78, 5) is 29.8. The van der Waals surface area contributed by atoms with Crippen LogP contribution >= 0.6 is 0 Å². The fourth-order valence-electron chi connectivity index (χ4n) is 4.64. The van der Waals surface area contributed by atoms with E-state index in [-0.39, 0.29) is 25.5 Å². The molecule has 3 aromatic heterocycles. The molecule has 9 nitrogen and oxygen atoms in total. The summed E-state index contributed by atoms with van der Waals surface area (Å²) < 4.78 is 13.2. The van der Waals surface area contributed by atoms with E-state index >= 15 is 0 Å². The zero-order valence-electron chi connectivity index (χ0n) is 21.0. The van der Waals surface area contributed by atoms with E-state index in [1.54, 1.807) is 4.90 Å². The SMILES string of the molecule is CCc1ccc2c(-c3cncc(C)c3)c(CCCCC(=O)O)c(COCC(=O)N3CCOCC3)nn12. The average molecular weight is 495 g/mol. The van der Waals surface area contributed by atoms with Crippen molar-refractivity contribution in [2.75, 3.05) is 32.9 Å². The number of fused-ring (bicyclic) bond motifs is 1. The lowest BCUT2D eigenvalue weighted by molar-refractivity contribution is -0.140. The molecule has 1 N–H and O–H groups in total. The quantitative estimate of drug-likeness (QED) is 0.407. The summed E-state index contributed by atoms with van der Waals surface area (Å²) in [6.07, 6.45) is 6.56. The monoisotopic (exact) mass is 494 g/mol. The van der Waals surface area contributed by atoms with Crippen molar-refractivity contribution in [3.63, 3.8) is 0 Å². The first-order valence-electron chi connectivity index (χ1n) is 12.6. The number of nitrogens with zero attached hydrogens (tertiary/aromatic N) is 4. The molecule has 0 aliphatic carbocycles. The number of amides is 1. The number of aromatic nitrogens is 3. The maximum absolute atomic E-state index is 12.6.